The lowest BCUT2D eigenvalue weighted by atomic mass is 9.96. The molecule has 35 heavy (non-hydrogen) atoms. The maximum Gasteiger partial charge on any atom is 0.251 e. The molecule has 0 spiro atoms. The molecule has 0 saturated heterocycles. The lowest BCUT2D eigenvalue weighted by Crippen LogP contribution is -2.25. The van der Waals surface area contributed by atoms with Gasteiger partial charge in [0.05, 0.1) is 6.54 Å². The first-order valence-corrected chi connectivity index (χ1v) is 11.8. The molecule has 1 amide bonds. The summed E-state index contributed by atoms with van der Waals surface area (Å²) in [5.41, 5.74) is 9.41. The minimum absolute atomic E-state index is 0.137. The number of allylic oxidation sites excluding steroid dienone is 2. The Bertz CT molecular complexity index is 1130. The van der Waals surface area contributed by atoms with Crippen LogP contribution in [-0.4, -0.2) is 38.4 Å². The minimum Gasteiger partial charge on any atom is -0.392 e. The van der Waals surface area contributed by atoms with Gasteiger partial charge in [0.2, 0.25) is 0 Å². The first-order valence-electron chi connectivity index (χ1n) is 11.8. The Labute approximate surface area is 204 Å². The number of hydrogen-bond donors (Lipinski definition) is 4. The molecule has 0 aromatic heterocycles. The standard InChI is InChI=1S/C27H32F2N4O2/c1-31-16-21(28)15-22(29)17-33-23-9-10-24-19(13-23)7-5-18-6-8-20(14-25(18)26(24)34)27(35)32-12-4-2-3-11-30/h6,8-10,13-16,31,33H,2-5,7,11-12,17,30H2,1H3,(H,32,35)/b21-16+,22-15+. The molecule has 2 aromatic rings. The Morgan fingerprint density at radius 3 is 2.60 bits per heavy atom. The number of rotatable bonds is 11. The van der Waals surface area contributed by atoms with Gasteiger partial charge in [0.25, 0.3) is 5.91 Å². The Balaban J connectivity index is 1.70. The van der Waals surface area contributed by atoms with Crippen molar-refractivity contribution >= 4 is 17.4 Å². The molecule has 0 fully saturated rings. The molecule has 0 atom stereocenters. The fraction of sp³-hybridized carbons (Fsp3) is 0.333. The lowest BCUT2D eigenvalue weighted by Gasteiger charge is -2.11. The third-order valence-corrected chi connectivity index (χ3v) is 5.83. The first kappa shape index (κ1) is 26.1. The zero-order valence-corrected chi connectivity index (χ0v) is 19.9. The summed E-state index contributed by atoms with van der Waals surface area (Å²) >= 11 is 0. The molecule has 0 radical (unpaired) electrons. The van der Waals surface area contributed by atoms with Gasteiger partial charge in [-0.1, -0.05) is 12.5 Å². The van der Waals surface area contributed by atoms with Gasteiger partial charge in [-0.2, -0.15) is 0 Å². The number of hydrogen-bond acceptors (Lipinski definition) is 5. The van der Waals surface area contributed by atoms with Gasteiger partial charge in [0, 0.05) is 48.2 Å². The van der Waals surface area contributed by atoms with Crippen molar-refractivity contribution in [2.45, 2.75) is 32.1 Å². The molecular formula is C27H32F2N4O2. The van der Waals surface area contributed by atoms with E-state index < -0.39 is 11.7 Å². The SMILES string of the molecule is CN/C=C(F)\C=C(\F)CNc1ccc2c(c1)CCc1ccc(C(=O)NCCCCCN)cc1C2=O. The van der Waals surface area contributed by atoms with E-state index in [2.05, 4.69) is 16.0 Å². The van der Waals surface area contributed by atoms with Gasteiger partial charge >= 0.3 is 0 Å². The van der Waals surface area contributed by atoms with Crippen LogP contribution in [0.3, 0.4) is 0 Å². The summed E-state index contributed by atoms with van der Waals surface area (Å²) in [5, 5.41) is 8.32. The number of nitrogens with two attached hydrogens (primary N) is 1. The van der Waals surface area contributed by atoms with Crippen LogP contribution < -0.4 is 21.7 Å². The number of ketones is 1. The molecule has 186 valence electrons. The zero-order chi connectivity index (χ0) is 25.2. The van der Waals surface area contributed by atoms with Crippen LogP contribution in [0.5, 0.6) is 0 Å². The fourth-order valence-electron chi connectivity index (χ4n) is 4.01. The average Bonchev–Trinajstić information content (AvgIpc) is 2.98. The second kappa shape index (κ2) is 12.8. The lowest BCUT2D eigenvalue weighted by molar-refractivity contribution is 0.0953. The largest absolute Gasteiger partial charge is 0.392 e. The second-order valence-electron chi connectivity index (χ2n) is 8.44. The van der Waals surface area contributed by atoms with Gasteiger partial charge in [0.1, 0.15) is 11.7 Å². The Kier molecular flexibility index (Phi) is 9.55. The summed E-state index contributed by atoms with van der Waals surface area (Å²) in [7, 11) is 1.53. The zero-order valence-electron chi connectivity index (χ0n) is 19.9. The molecule has 1 aliphatic carbocycles. The third kappa shape index (κ3) is 7.23. The Morgan fingerprint density at radius 1 is 1.03 bits per heavy atom. The summed E-state index contributed by atoms with van der Waals surface area (Å²) in [6, 6.07) is 10.5. The Hall–Kier alpha value is -3.52. The molecule has 0 saturated carbocycles. The number of anilines is 1. The van der Waals surface area contributed by atoms with Crippen LogP contribution in [0.15, 0.2) is 60.3 Å². The highest BCUT2D eigenvalue weighted by molar-refractivity contribution is 6.12. The van der Waals surface area contributed by atoms with Gasteiger partial charge in [0.15, 0.2) is 5.78 Å². The van der Waals surface area contributed by atoms with Crippen molar-refractivity contribution in [3.63, 3.8) is 0 Å². The van der Waals surface area contributed by atoms with E-state index in [9.17, 15) is 18.4 Å². The van der Waals surface area contributed by atoms with Gasteiger partial charge in [-0.15, -0.1) is 0 Å². The van der Waals surface area contributed by atoms with Gasteiger partial charge < -0.3 is 21.7 Å². The molecule has 1 aliphatic rings. The molecule has 0 unspecified atom stereocenters. The van der Waals surface area contributed by atoms with Crippen LogP contribution in [0.25, 0.3) is 0 Å². The highest BCUT2D eigenvalue weighted by Gasteiger charge is 2.23. The summed E-state index contributed by atoms with van der Waals surface area (Å²) in [6.45, 7) is 1.03. The molecule has 0 aliphatic heterocycles. The molecule has 3 rings (SSSR count). The monoisotopic (exact) mass is 482 g/mol. The summed E-state index contributed by atoms with van der Waals surface area (Å²) < 4.78 is 27.3. The molecule has 0 heterocycles. The number of benzene rings is 2. The highest BCUT2D eigenvalue weighted by Crippen LogP contribution is 2.27. The number of carbonyl (C=O) groups is 2. The van der Waals surface area contributed by atoms with E-state index in [0.717, 1.165) is 42.7 Å². The van der Waals surface area contributed by atoms with E-state index in [1.807, 2.05) is 12.1 Å². The second-order valence-corrected chi connectivity index (χ2v) is 8.44. The van der Waals surface area contributed by atoms with Crippen molar-refractivity contribution in [2.75, 3.05) is 32.0 Å². The van der Waals surface area contributed by atoms with Crippen LogP contribution in [0.2, 0.25) is 0 Å². The van der Waals surface area contributed by atoms with E-state index in [1.165, 1.54) is 7.05 Å². The fourth-order valence-corrected chi connectivity index (χ4v) is 4.01. The van der Waals surface area contributed by atoms with Crippen molar-refractivity contribution in [2.24, 2.45) is 5.73 Å². The van der Waals surface area contributed by atoms with E-state index >= 15 is 0 Å². The topological polar surface area (TPSA) is 96.2 Å². The van der Waals surface area contributed by atoms with Crippen LogP contribution in [0.4, 0.5) is 14.5 Å². The van der Waals surface area contributed by atoms with E-state index in [0.29, 0.717) is 48.3 Å². The number of carbonyl (C=O) groups excluding carboxylic acids is 2. The summed E-state index contributed by atoms with van der Waals surface area (Å²) in [5.74, 6) is -1.70. The van der Waals surface area contributed by atoms with Crippen LogP contribution >= 0.6 is 0 Å². The molecule has 8 heteroatoms. The van der Waals surface area contributed by atoms with Crippen molar-refractivity contribution in [1.29, 1.82) is 0 Å². The van der Waals surface area contributed by atoms with Gasteiger partial charge in [-0.05, 0) is 73.7 Å². The van der Waals surface area contributed by atoms with Gasteiger partial charge in [-0.3, -0.25) is 9.59 Å². The number of amides is 1. The summed E-state index contributed by atoms with van der Waals surface area (Å²) in [6.07, 6.45) is 5.89. The molecular weight excluding hydrogens is 450 g/mol. The highest BCUT2D eigenvalue weighted by atomic mass is 19.1. The maximum absolute atomic E-state index is 13.9. The van der Waals surface area contributed by atoms with Crippen molar-refractivity contribution < 1.29 is 18.4 Å². The number of halogens is 2. The molecule has 2 aromatic carbocycles. The Morgan fingerprint density at radius 2 is 1.83 bits per heavy atom. The number of fused-ring (bicyclic) bond motifs is 2. The normalized spacial score (nSPS) is 13.5. The molecule has 5 N–H and O–H groups in total. The smallest absolute Gasteiger partial charge is 0.251 e. The predicted octanol–water partition coefficient (Wildman–Crippen LogP) is 4.17. The number of unbranched alkanes of at least 4 members (excludes halogenated alkanes) is 2. The van der Waals surface area contributed by atoms with E-state index in [4.69, 9.17) is 5.73 Å². The molecule has 6 nitrogen and oxygen atoms in total. The molecule has 0 bridgehead atoms. The maximum atomic E-state index is 13.9. The van der Waals surface area contributed by atoms with Crippen molar-refractivity contribution in [1.82, 2.24) is 10.6 Å². The van der Waals surface area contributed by atoms with E-state index in [-0.39, 0.29) is 18.2 Å². The first-order chi connectivity index (χ1) is 16.9. The summed E-state index contributed by atoms with van der Waals surface area (Å²) in [4.78, 5) is 25.9. The van der Waals surface area contributed by atoms with Crippen LogP contribution in [0, 0.1) is 0 Å². The minimum atomic E-state index is -0.711. The van der Waals surface area contributed by atoms with Crippen LogP contribution in [-0.2, 0) is 12.8 Å². The average molecular weight is 483 g/mol. The van der Waals surface area contributed by atoms with Crippen molar-refractivity contribution in [3.8, 4) is 0 Å². The van der Waals surface area contributed by atoms with Crippen molar-refractivity contribution in [3.05, 3.63) is 88.1 Å². The van der Waals surface area contributed by atoms with E-state index in [1.54, 1.807) is 24.3 Å². The van der Waals surface area contributed by atoms with Crippen LogP contribution in [0.1, 0.15) is 56.7 Å². The number of aryl methyl sites for hydroxylation is 2. The third-order valence-electron chi connectivity index (χ3n) is 5.83. The predicted molar refractivity (Wildman–Crippen MR) is 135 cm³/mol. The van der Waals surface area contributed by atoms with Gasteiger partial charge in [-0.25, -0.2) is 8.78 Å². The number of nitrogens with one attached hydrogen (secondary N) is 3. The quantitative estimate of drug-likeness (QED) is 0.285.